The summed E-state index contributed by atoms with van der Waals surface area (Å²) in [4.78, 5) is 15.2. The van der Waals surface area contributed by atoms with Gasteiger partial charge in [0.1, 0.15) is 5.75 Å². The van der Waals surface area contributed by atoms with Gasteiger partial charge in [-0.1, -0.05) is 50.6 Å². The molecule has 6 heteroatoms. The van der Waals surface area contributed by atoms with Crippen molar-refractivity contribution in [3.05, 3.63) is 65.7 Å². The fourth-order valence-corrected chi connectivity index (χ4v) is 4.17. The van der Waals surface area contributed by atoms with Crippen molar-refractivity contribution in [2.75, 3.05) is 23.3 Å². The molecule has 1 aliphatic rings. The van der Waals surface area contributed by atoms with E-state index in [1.807, 2.05) is 48.5 Å². The average molecular weight is 459 g/mol. The van der Waals surface area contributed by atoms with Gasteiger partial charge in [-0.2, -0.15) is 0 Å². The maximum atomic E-state index is 12.9. The van der Waals surface area contributed by atoms with Gasteiger partial charge in [-0.05, 0) is 68.0 Å². The number of benzene rings is 2. The van der Waals surface area contributed by atoms with Crippen LogP contribution < -0.4 is 15.0 Å². The molecular weight excluding hydrogens is 424 g/mol. The van der Waals surface area contributed by atoms with E-state index in [-0.39, 0.29) is 11.3 Å². The quantitative estimate of drug-likeness (QED) is 0.509. The lowest BCUT2D eigenvalue weighted by molar-refractivity contribution is -0.122. The summed E-state index contributed by atoms with van der Waals surface area (Å²) in [7, 11) is 0. The van der Waals surface area contributed by atoms with Gasteiger partial charge in [0.15, 0.2) is 11.9 Å². The van der Waals surface area contributed by atoms with Crippen molar-refractivity contribution in [2.24, 2.45) is 0 Å². The molecule has 2 heterocycles. The first-order valence-electron chi connectivity index (χ1n) is 12.0. The lowest BCUT2D eigenvalue weighted by atomic mass is 9.85. The van der Waals surface area contributed by atoms with Crippen molar-refractivity contribution >= 4 is 17.4 Å². The van der Waals surface area contributed by atoms with Gasteiger partial charge in [-0.15, -0.1) is 10.2 Å². The molecule has 1 aromatic heterocycles. The molecule has 0 spiro atoms. The number of nitrogens with zero attached hydrogens (tertiary/aromatic N) is 3. The number of carbonyl (C=O) groups is 1. The van der Waals surface area contributed by atoms with Crippen LogP contribution in [0, 0.1) is 6.92 Å². The highest BCUT2D eigenvalue weighted by atomic mass is 16.5. The molecule has 0 bridgehead atoms. The third-order valence-corrected chi connectivity index (χ3v) is 6.12. The topological polar surface area (TPSA) is 67.3 Å². The maximum Gasteiger partial charge on any atom is 0.265 e. The van der Waals surface area contributed by atoms with Crippen LogP contribution >= 0.6 is 0 Å². The lowest BCUT2D eigenvalue weighted by Crippen LogP contribution is -2.31. The summed E-state index contributed by atoms with van der Waals surface area (Å²) in [5, 5.41) is 11.8. The van der Waals surface area contributed by atoms with Gasteiger partial charge in [0.25, 0.3) is 5.91 Å². The fourth-order valence-electron chi connectivity index (χ4n) is 4.17. The van der Waals surface area contributed by atoms with Crippen molar-refractivity contribution in [3.63, 3.8) is 0 Å². The normalized spacial score (nSPS) is 14.7. The molecule has 1 fully saturated rings. The van der Waals surface area contributed by atoms with Gasteiger partial charge >= 0.3 is 0 Å². The second kappa shape index (κ2) is 9.84. The Kier molecular flexibility index (Phi) is 6.87. The van der Waals surface area contributed by atoms with Crippen molar-refractivity contribution in [3.8, 4) is 17.0 Å². The fraction of sp³-hybridized carbons (Fsp3) is 0.393. The Balaban J connectivity index is 1.44. The number of amides is 1. The molecule has 1 atom stereocenters. The molecule has 1 amide bonds. The molecule has 1 aliphatic heterocycles. The predicted molar refractivity (Wildman–Crippen MR) is 138 cm³/mol. The van der Waals surface area contributed by atoms with Crippen LogP contribution in [0.4, 0.5) is 11.5 Å². The summed E-state index contributed by atoms with van der Waals surface area (Å²) in [6, 6.07) is 17.7. The molecule has 2 aromatic carbocycles. The van der Waals surface area contributed by atoms with Crippen molar-refractivity contribution < 1.29 is 9.53 Å². The Bertz CT molecular complexity index is 1150. The van der Waals surface area contributed by atoms with E-state index in [1.54, 1.807) is 6.92 Å². The van der Waals surface area contributed by atoms with Crippen LogP contribution in [0.15, 0.2) is 54.6 Å². The number of ether oxygens (including phenoxy) is 1. The summed E-state index contributed by atoms with van der Waals surface area (Å²) in [5.41, 5.74) is 4.55. The highest BCUT2D eigenvalue weighted by molar-refractivity contribution is 5.94. The molecule has 34 heavy (non-hydrogen) atoms. The molecule has 1 unspecified atom stereocenters. The van der Waals surface area contributed by atoms with Crippen LogP contribution in [0.25, 0.3) is 11.3 Å². The van der Waals surface area contributed by atoms with Crippen molar-refractivity contribution in [2.45, 2.75) is 59.0 Å². The van der Waals surface area contributed by atoms with E-state index in [9.17, 15) is 4.79 Å². The summed E-state index contributed by atoms with van der Waals surface area (Å²) < 4.78 is 6.10. The Hall–Kier alpha value is -3.41. The second-order valence-corrected chi connectivity index (χ2v) is 10.1. The predicted octanol–water partition coefficient (Wildman–Crippen LogP) is 5.76. The summed E-state index contributed by atoms with van der Waals surface area (Å²) >= 11 is 0. The molecule has 0 radical (unpaired) electrons. The Morgan fingerprint density at radius 3 is 2.47 bits per heavy atom. The van der Waals surface area contributed by atoms with E-state index in [2.05, 4.69) is 54.2 Å². The van der Waals surface area contributed by atoms with E-state index in [4.69, 9.17) is 4.74 Å². The molecule has 1 saturated heterocycles. The zero-order valence-electron chi connectivity index (χ0n) is 20.8. The van der Waals surface area contributed by atoms with Gasteiger partial charge < -0.3 is 15.0 Å². The number of rotatable bonds is 6. The standard InChI is InChI=1S/C28H34N4O2/c1-19-11-13-25(23(17-19)28(3,4)5)34-20(2)27(33)29-22-10-8-9-21(18-22)24-12-14-26(31-30-24)32-15-6-7-16-32/h8-14,17-18,20H,6-7,15-16H2,1-5H3,(H,29,33). The smallest absolute Gasteiger partial charge is 0.265 e. The van der Waals surface area contributed by atoms with Crippen LogP contribution in [-0.2, 0) is 10.2 Å². The van der Waals surface area contributed by atoms with E-state index in [0.29, 0.717) is 5.69 Å². The minimum Gasteiger partial charge on any atom is -0.481 e. The summed E-state index contributed by atoms with van der Waals surface area (Å²) in [5.74, 6) is 1.46. The van der Waals surface area contributed by atoms with Gasteiger partial charge in [0.05, 0.1) is 5.69 Å². The van der Waals surface area contributed by atoms with Crippen LogP contribution in [0.3, 0.4) is 0 Å². The van der Waals surface area contributed by atoms with Crippen molar-refractivity contribution in [1.82, 2.24) is 10.2 Å². The highest BCUT2D eigenvalue weighted by Gasteiger charge is 2.23. The zero-order chi connectivity index (χ0) is 24.3. The van der Waals surface area contributed by atoms with Crippen LogP contribution in [0.5, 0.6) is 5.75 Å². The molecule has 0 aliphatic carbocycles. The van der Waals surface area contributed by atoms with Gasteiger partial charge in [0.2, 0.25) is 0 Å². The summed E-state index contributed by atoms with van der Waals surface area (Å²) in [6.07, 6.45) is 1.76. The Labute approximate surface area is 202 Å². The third kappa shape index (κ3) is 5.56. The van der Waals surface area contributed by atoms with Gasteiger partial charge in [0, 0.05) is 24.3 Å². The van der Waals surface area contributed by atoms with Crippen LogP contribution in [0.1, 0.15) is 51.7 Å². The molecular formula is C28H34N4O2. The third-order valence-electron chi connectivity index (χ3n) is 6.12. The van der Waals surface area contributed by atoms with Crippen LogP contribution in [-0.4, -0.2) is 35.3 Å². The highest BCUT2D eigenvalue weighted by Crippen LogP contribution is 2.33. The van der Waals surface area contributed by atoms with E-state index in [1.165, 1.54) is 18.4 Å². The molecule has 0 saturated carbocycles. The number of hydrogen-bond donors (Lipinski definition) is 1. The monoisotopic (exact) mass is 458 g/mol. The first-order chi connectivity index (χ1) is 16.2. The number of hydrogen-bond acceptors (Lipinski definition) is 5. The molecule has 1 N–H and O–H groups in total. The minimum atomic E-state index is -0.646. The number of aryl methyl sites for hydroxylation is 1. The maximum absolute atomic E-state index is 12.9. The molecule has 4 rings (SSSR count). The number of carbonyl (C=O) groups excluding carboxylic acids is 1. The molecule has 6 nitrogen and oxygen atoms in total. The Morgan fingerprint density at radius 2 is 1.79 bits per heavy atom. The zero-order valence-corrected chi connectivity index (χ0v) is 20.8. The number of nitrogens with one attached hydrogen (secondary N) is 1. The van der Waals surface area contributed by atoms with Crippen LogP contribution in [0.2, 0.25) is 0 Å². The number of anilines is 2. The number of aromatic nitrogens is 2. The molecule has 3 aromatic rings. The summed E-state index contributed by atoms with van der Waals surface area (Å²) in [6.45, 7) is 12.3. The first kappa shape index (κ1) is 23.7. The van der Waals surface area contributed by atoms with E-state index >= 15 is 0 Å². The largest absolute Gasteiger partial charge is 0.481 e. The second-order valence-electron chi connectivity index (χ2n) is 10.1. The average Bonchev–Trinajstić information content (AvgIpc) is 3.35. The Morgan fingerprint density at radius 1 is 1.03 bits per heavy atom. The SMILES string of the molecule is Cc1ccc(OC(C)C(=O)Nc2cccc(-c3ccc(N4CCCC4)nn3)c2)c(C(C)(C)C)c1. The molecule has 178 valence electrons. The first-order valence-corrected chi connectivity index (χ1v) is 12.0. The van der Waals surface area contributed by atoms with E-state index < -0.39 is 6.10 Å². The minimum absolute atomic E-state index is 0.0861. The van der Waals surface area contributed by atoms with Gasteiger partial charge in [-0.3, -0.25) is 4.79 Å². The van der Waals surface area contributed by atoms with E-state index in [0.717, 1.165) is 41.5 Å². The van der Waals surface area contributed by atoms with Crippen molar-refractivity contribution in [1.29, 1.82) is 0 Å². The van der Waals surface area contributed by atoms with Gasteiger partial charge in [-0.25, -0.2) is 0 Å². The lowest BCUT2D eigenvalue weighted by Gasteiger charge is -2.25.